The number of rotatable bonds is 6. The lowest BCUT2D eigenvalue weighted by Crippen LogP contribution is -2.23. The van der Waals surface area contributed by atoms with Gasteiger partial charge >= 0.3 is 6.18 Å². The highest BCUT2D eigenvalue weighted by molar-refractivity contribution is 5.29. The van der Waals surface area contributed by atoms with Gasteiger partial charge in [0.05, 0.1) is 5.56 Å². The van der Waals surface area contributed by atoms with Gasteiger partial charge in [-0.1, -0.05) is 32.0 Å². The molecule has 1 rings (SSSR count). The summed E-state index contributed by atoms with van der Waals surface area (Å²) in [5, 5.41) is 3.25. The van der Waals surface area contributed by atoms with Crippen LogP contribution in [0.1, 0.15) is 37.8 Å². The number of hydrogen-bond donors (Lipinski definition) is 1. The van der Waals surface area contributed by atoms with Crippen LogP contribution in [-0.4, -0.2) is 12.6 Å². The van der Waals surface area contributed by atoms with E-state index in [4.69, 9.17) is 0 Å². The first-order valence-corrected chi connectivity index (χ1v) is 6.29. The molecule has 18 heavy (non-hydrogen) atoms. The molecule has 102 valence electrons. The van der Waals surface area contributed by atoms with Gasteiger partial charge in [-0.05, 0) is 37.4 Å². The number of aryl methyl sites for hydroxylation is 1. The van der Waals surface area contributed by atoms with Crippen molar-refractivity contribution in [2.24, 2.45) is 0 Å². The number of alkyl halides is 3. The van der Waals surface area contributed by atoms with Gasteiger partial charge < -0.3 is 5.32 Å². The number of benzene rings is 1. The third-order valence-electron chi connectivity index (χ3n) is 2.75. The maximum Gasteiger partial charge on any atom is 0.416 e. The highest BCUT2D eigenvalue weighted by Crippen LogP contribution is 2.32. The van der Waals surface area contributed by atoms with Crippen LogP contribution in [0.25, 0.3) is 0 Å². The predicted molar refractivity (Wildman–Crippen MR) is 67.5 cm³/mol. The first-order chi connectivity index (χ1) is 8.41. The lowest BCUT2D eigenvalue weighted by atomic mass is 10.0. The van der Waals surface area contributed by atoms with Crippen molar-refractivity contribution in [3.63, 3.8) is 0 Å². The molecule has 0 saturated heterocycles. The van der Waals surface area contributed by atoms with Crippen molar-refractivity contribution in [1.29, 1.82) is 0 Å². The minimum atomic E-state index is -4.24. The van der Waals surface area contributed by atoms with Gasteiger partial charge in [0.1, 0.15) is 0 Å². The molecule has 0 aliphatic rings. The van der Waals surface area contributed by atoms with E-state index in [9.17, 15) is 13.2 Å². The van der Waals surface area contributed by atoms with Gasteiger partial charge in [-0.25, -0.2) is 0 Å². The van der Waals surface area contributed by atoms with Gasteiger partial charge in [-0.3, -0.25) is 0 Å². The molecule has 0 amide bonds. The molecule has 0 radical (unpaired) electrons. The van der Waals surface area contributed by atoms with Crippen molar-refractivity contribution in [2.75, 3.05) is 6.54 Å². The molecule has 0 spiro atoms. The van der Waals surface area contributed by atoms with Crippen LogP contribution in [0.15, 0.2) is 24.3 Å². The summed E-state index contributed by atoms with van der Waals surface area (Å²) in [5.41, 5.74) is -0.101. The molecule has 0 atom stereocenters. The first kappa shape index (κ1) is 15.0. The van der Waals surface area contributed by atoms with Crippen LogP contribution < -0.4 is 5.32 Å². The van der Waals surface area contributed by atoms with Gasteiger partial charge in [0, 0.05) is 6.04 Å². The molecule has 0 unspecified atom stereocenters. The van der Waals surface area contributed by atoms with E-state index in [2.05, 4.69) is 19.2 Å². The molecule has 0 heterocycles. The number of unbranched alkanes of at least 4 members (excludes halogenated alkanes) is 1. The van der Waals surface area contributed by atoms with Crippen LogP contribution in [0.5, 0.6) is 0 Å². The van der Waals surface area contributed by atoms with E-state index in [-0.39, 0.29) is 0 Å². The van der Waals surface area contributed by atoms with Crippen LogP contribution in [0.3, 0.4) is 0 Å². The molecular formula is C14H20F3N. The predicted octanol–water partition coefficient (Wildman–Crippen LogP) is 4.03. The Hall–Kier alpha value is -1.03. The van der Waals surface area contributed by atoms with Crippen LogP contribution in [0.2, 0.25) is 0 Å². The molecule has 0 bridgehead atoms. The summed E-state index contributed by atoms with van der Waals surface area (Å²) in [6.07, 6.45) is -2.10. The Morgan fingerprint density at radius 3 is 2.39 bits per heavy atom. The van der Waals surface area contributed by atoms with Crippen molar-refractivity contribution in [2.45, 2.75) is 45.3 Å². The van der Waals surface area contributed by atoms with E-state index in [1.807, 2.05) is 0 Å². The van der Waals surface area contributed by atoms with Crippen LogP contribution in [-0.2, 0) is 12.6 Å². The molecular weight excluding hydrogens is 239 g/mol. The summed E-state index contributed by atoms with van der Waals surface area (Å²) in [7, 11) is 0. The Bertz CT molecular complexity index is 358. The second-order valence-corrected chi connectivity index (χ2v) is 4.72. The molecule has 4 heteroatoms. The second kappa shape index (κ2) is 6.78. The Labute approximate surface area is 106 Å². The highest BCUT2D eigenvalue weighted by atomic mass is 19.4. The van der Waals surface area contributed by atoms with Crippen molar-refractivity contribution >= 4 is 0 Å². The molecule has 0 aliphatic carbocycles. The Morgan fingerprint density at radius 2 is 1.78 bits per heavy atom. The van der Waals surface area contributed by atoms with Crippen molar-refractivity contribution in [1.82, 2.24) is 5.32 Å². The molecule has 1 nitrogen and oxygen atoms in total. The fourth-order valence-corrected chi connectivity index (χ4v) is 1.85. The normalized spacial score (nSPS) is 12.1. The summed E-state index contributed by atoms with van der Waals surface area (Å²) >= 11 is 0. The third-order valence-corrected chi connectivity index (χ3v) is 2.75. The molecule has 0 fully saturated rings. The number of nitrogens with one attached hydrogen (secondary N) is 1. The second-order valence-electron chi connectivity index (χ2n) is 4.72. The van der Waals surface area contributed by atoms with Crippen molar-refractivity contribution in [3.05, 3.63) is 35.4 Å². The maximum atomic E-state index is 12.7. The molecule has 0 saturated carbocycles. The van der Waals surface area contributed by atoms with E-state index in [1.54, 1.807) is 12.1 Å². The first-order valence-electron chi connectivity index (χ1n) is 6.29. The van der Waals surface area contributed by atoms with Gasteiger partial charge in [-0.15, -0.1) is 0 Å². The molecule has 1 aromatic rings. The third kappa shape index (κ3) is 5.08. The minimum Gasteiger partial charge on any atom is -0.315 e. The fourth-order valence-electron chi connectivity index (χ4n) is 1.85. The van der Waals surface area contributed by atoms with Crippen LogP contribution in [0.4, 0.5) is 13.2 Å². The zero-order valence-electron chi connectivity index (χ0n) is 10.8. The van der Waals surface area contributed by atoms with E-state index >= 15 is 0 Å². The largest absolute Gasteiger partial charge is 0.416 e. The zero-order chi connectivity index (χ0) is 13.6. The van der Waals surface area contributed by atoms with Crippen molar-refractivity contribution < 1.29 is 13.2 Å². The smallest absolute Gasteiger partial charge is 0.315 e. The lowest BCUT2D eigenvalue weighted by molar-refractivity contribution is -0.138. The molecule has 0 aliphatic heterocycles. The Kier molecular flexibility index (Phi) is 5.66. The van der Waals surface area contributed by atoms with Gasteiger partial charge in [-0.2, -0.15) is 13.2 Å². The molecule has 1 N–H and O–H groups in total. The van der Waals surface area contributed by atoms with Gasteiger partial charge in [0.15, 0.2) is 0 Å². The van der Waals surface area contributed by atoms with Crippen LogP contribution in [0, 0.1) is 0 Å². The van der Waals surface area contributed by atoms with Crippen LogP contribution >= 0.6 is 0 Å². The zero-order valence-corrected chi connectivity index (χ0v) is 10.8. The highest BCUT2D eigenvalue weighted by Gasteiger charge is 2.32. The lowest BCUT2D eigenvalue weighted by Gasteiger charge is -2.12. The quantitative estimate of drug-likeness (QED) is 0.761. The maximum absolute atomic E-state index is 12.7. The average Bonchev–Trinajstić information content (AvgIpc) is 2.27. The summed E-state index contributed by atoms with van der Waals surface area (Å²) in [6, 6.07) is 6.25. The SMILES string of the molecule is CC(C)NCCCCc1ccccc1C(F)(F)F. The summed E-state index contributed by atoms with van der Waals surface area (Å²) in [4.78, 5) is 0. The topological polar surface area (TPSA) is 12.0 Å². The van der Waals surface area contributed by atoms with E-state index in [0.717, 1.165) is 25.5 Å². The average molecular weight is 259 g/mol. The van der Waals surface area contributed by atoms with Crippen molar-refractivity contribution in [3.8, 4) is 0 Å². The van der Waals surface area contributed by atoms with Gasteiger partial charge in [0.2, 0.25) is 0 Å². The van der Waals surface area contributed by atoms with Gasteiger partial charge in [0.25, 0.3) is 0 Å². The molecule has 1 aromatic carbocycles. The van der Waals surface area contributed by atoms with E-state index in [1.165, 1.54) is 6.07 Å². The summed E-state index contributed by atoms with van der Waals surface area (Å²) in [6.45, 7) is 4.96. The minimum absolute atomic E-state index is 0.398. The van der Waals surface area contributed by atoms with E-state index < -0.39 is 11.7 Å². The Morgan fingerprint density at radius 1 is 1.11 bits per heavy atom. The van der Waals surface area contributed by atoms with E-state index in [0.29, 0.717) is 18.0 Å². The summed E-state index contributed by atoms with van der Waals surface area (Å²) in [5.74, 6) is 0. The fraction of sp³-hybridized carbons (Fsp3) is 0.571. The monoisotopic (exact) mass is 259 g/mol. The Balaban J connectivity index is 2.47. The summed E-state index contributed by atoms with van der Waals surface area (Å²) < 4.78 is 38.2. The molecule has 0 aromatic heterocycles. The number of hydrogen-bond acceptors (Lipinski definition) is 1. The standard InChI is InChI=1S/C14H20F3N/c1-11(2)18-10-6-5-8-12-7-3-4-9-13(12)14(15,16)17/h3-4,7,9,11,18H,5-6,8,10H2,1-2H3. The number of halogens is 3.